The van der Waals surface area contributed by atoms with E-state index < -0.39 is 0 Å². The quantitative estimate of drug-likeness (QED) is 0.429. The fourth-order valence-corrected chi connectivity index (χ4v) is 1.97. The van der Waals surface area contributed by atoms with Crippen molar-refractivity contribution in [3.8, 4) is 0 Å². The number of ether oxygens (including phenoxy) is 2. The highest BCUT2D eigenvalue weighted by molar-refractivity contribution is 5.75. The van der Waals surface area contributed by atoms with Gasteiger partial charge in [0.1, 0.15) is 0 Å². The molecule has 0 bridgehead atoms. The van der Waals surface area contributed by atoms with Crippen molar-refractivity contribution in [3.05, 3.63) is 0 Å². The van der Waals surface area contributed by atoms with Crippen LogP contribution in [0, 0.1) is 0 Å². The van der Waals surface area contributed by atoms with Gasteiger partial charge >= 0.3 is 0 Å². The predicted molar refractivity (Wildman–Crippen MR) is 86.3 cm³/mol. The summed E-state index contributed by atoms with van der Waals surface area (Å²) < 4.78 is 10.5. The van der Waals surface area contributed by atoms with Gasteiger partial charge in [-0.1, -0.05) is 45.4 Å². The lowest BCUT2D eigenvalue weighted by molar-refractivity contribution is -0.122. The molecular formula is C16H34N2O3. The molecule has 3 N–H and O–H groups in total. The Morgan fingerprint density at radius 2 is 1.52 bits per heavy atom. The third kappa shape index (κ3) is 17.3. The first-order valence-corrected chi connectivity index (χ1v) is 8.43. The van der Waals surface area contributed by atoms with Crippen LogP contribution in [-0.2, 0) is 14.3 Å². The zero-order valence-electron chi connectivity index (χ0n) is 13.7. The Morgan fingerprint density at radius 3 is 2.19 bits per heavy atom. The van der Waals surface area contributed by atoms with E-state index in [0.717, 1.165) is 13.0 Å². The Morgan fingerprint density at radius 1 is 0.905 bits per heavy atom. The summed E-state index contributed by atoms with van der Waals surface area (Å²) in [5.41, 5.74) is 5.29. The lowest BCUT2D eigenvalue weighted by Gasteiger charge is -2.06. The van der Waals surface area contributed by atoms with Crippen LogP contribution in [0.4, 0.5) is 0 Å². The summed E-state index contributed by atoms with van der Waals surface area (Å²) >= 11 is 0. The topological polar surface area (TPSA) is 73.6 Å². The van der Waals surface area contributed by atoms with Gasteiger partial charge in [0, 0.05) is 19.5 Å². The van der Waals surface area contributed by atoms with Gasteiger partial charge in [-0.25, -0.2) is 0 Å². The van der Waals surface area contributed by atoms with Crippen molar-refractivity contribution in [1.82, 2.24) is 5.32 Å². The molecule has 21 heavy (non-hydrogen) atoms. The Hall–Kier alpha value is -0.650. The minimum Gasteiger partial charge on any atom is -0.379 e. The highest BCUT2D eigenvalue weighted by Gasteiger charge is 2.00. The predicted octanol–water partition coefficient (Wildman–Crippen LogP) is 2.24. The number of hydrogen-bond acceptors (Lipinski definition) is 4. The molecule has 0 spiro atoms. The molecule has 0 aliphatic heterocycles. The Labute approximate surface area is 129 Å². The summed E-state index contributed by atoms with van der Waals surface area (Å²) in [5, 5.41) is 2.93. The maximum absolute atomic E-state index is 11.5. The van der Waals surface area contributed by atoms with Crippen LogP contribution in [0.15, 0.2) is 0 Å². The molecule has 0 saturated heterocycles. The zero-order valence-corrected chi connectivity index (χ0v) is 13.7. The van der Waals surface area contributed by atoms with E-state index in [9.17, 15) is 4.79 Å². The second kappa shape index (κ2) is 17.4. The molecule has 0 fully saturated rings. The molecule has 0 heterocycles. The number of carbonyl (C=O) groups excluding carboxylic acids is 1. The number of nitrogens with one attached hydrogen (secondary N) is 1. The second-order valence-corrected chi connectivity index (χ2v) is 5.23. The van der Waals surface area contributed by atoms with Gasteiger partial charge in [0.05, 0.1) is 26.4 Å². The monoisotopic (exact) mass is 302 g/mol. The average molecular weight is 302 g/mol. The van der Waals surface area contributed by atoms with Gasteiger partial charge in [-0.3, -0.25) is 4.79 Å². The van der Waals surface area contributed by atoms with Crippen LogP contribution in [0.1, 0.15) is 58.3 Å². The summed E-state index contributed by atoms with van der Waals surface area (Å²) in [6, 6.07) is 0. The lowest BCUT2D eigenvalue weighted by atomic mass is 10.1. The number of rotatable bonds is 16. The van der Waals surface area contributed by atoms with Gasteiger partial charge in [0.2, 0.25) is 5.91 Å². The maximum atomic E-state index is 11.5. The Balaban J connectivity index is 3.13. The second-order valence-electron chi connectivity index (χ2n) is 5.23. The minimum atomic E-state index is 0.0730. The van der Waals surface area contributed by atoms with E-state index >= 15 is 0 Å². The fraction of sp³-hybridized carbons (Fsp3) is 0.938. The lowest BCUT2D eigenvalue weighted by Crippen LogP contribution is -2.25. The first kappa shape index (κ1) is 20.3. The number of hydrogen-bond donors (Lipinski definition) is 2. The van der Waals surface area contributed by atoms with E-state index in [1.165, 1.54) is 38.5 Å². The molecule has 5 heteroatoms. The molecule has 0 saturated carbocycles. The summed E-state index contributed by atoms with van der Waals surface area (Å²) in [5.74, 6) is 0.0730. The van der Waals surface area contributed by atoms with Gasteiger partial charge in [-0.2, -0.15) is 0 Å². The van der Waals surface area contributed by atoms with Crippen LogP contribution in [0.5, 0.6) is 0 Å². The molecular weight excluding hydrogens is 268 g/mol. The normalized spacial score (nSPS) is 10.8. The molecule has 0 aromatic carbocycles. The molecule has 0 rings (SSSR count). The van der Waals surface area contributed by atoms with Crippen LogP contribution >= 0.6 is 0 Å². The average Bonchev–Trinajstić information content (AvgIpc) is 2.49. The Bertz CT molecular complexity index is 226. The van der Waals surface area contributed by atoms with Crippen molar-refractivity contribution < 1.29 is 14.3 Å². The first-order chi connectivity index (χ1) is 10.3. The van der Waals surface area contributed by atoms with E-state index in [0.29, 0.717) is 39.4 Å². The van der Waals surface area contributed by atoms with E-state index in [1.54, 1.807) is 0 Å². The number of unbranched alkanes of at least 4 members (excludes halogenated alkanes) is 6. The molecule has 126 valence electrons. The highest BCUT2D eigenvalue weighted by Crippen LogP contribution is 2.06. The van der Waals surface area contributed by atoms with Crippen molar-refractivity contribution in [2.75, 3.05) is 39.5 Å². The molecule has 0 aromatic rings. The number of carbonyl (C=O) groups is 1. The highest BCUT2D eigenvalue weighted by atomic mass is 16.5. The molecule has 0 unspecified atom stereocenters. The van der Waals surface area contributed by atoms with E-state index in [2.05, 4.69) is 12.2 Å². The largest absolute Gasteiger partial charge is 0.379 e. The van der Waals surface area contributed by atoms with Crippen LogP contribution in [-0.4, -0.2) is 45.4 Å². The molecule has 0 aromatic heterocycles. The smallest absolute Gasteiger partial charge is 0.222 e. The number of amides is 1. The summed E-state index contributed by atoms with van der Waals surface area (Å²) in [4.78, 5) is 11.5. The van der Waals surface area contributed by atoms with Crippen LogP contribution in [0.2, 0.25) is 0 Å². The van der Waals surface area contributed by atoms with E-state index in [-0.39, 0.29) is 5.91 Å². The molecule has 0 aliphatic carbocycles. The molecule has 0 radical (unpaired) electrons. The molecule has 0 atom stereocenters. The van der Waals surface area contributed by atoms with Crippen molar-refractivity contribution in [1.29, 1.82) is 0 Å². The zero-order chi connectivity index (χ0) is 15.6. The SMILES string of the molecule is CCCCCCCCCNC(=O)CCOCCOCCN. The standard InChI is InChI=1S/C16H34N2O3/c1-2-3-4-5-6-7-8-11-18-16(19)9-12-20-14-15-21-13-10-17/h2-15,17H2,1H3,(H,18,19). The van der Waals surface area contributed by atoms with Gasteiger partial charge in [0.15, 0.2) is 0 Å². The third-order valence-electron chi connectivity index (χ3n) is 3.21. The van der Waals surface area contributed by atoms with Crippen molar-refractivity contribution >= 4 is 5.91 Å². The van der Waals surface area contributed by atoms with Gasteiger partial charge in [-0.15, -0.1) is 0 Å². The Kier molecular flexibility index (Phi) is 16.9. The summed E-state index contributed by atoms with van der Waals surface area (Å²) in [6.45, 7) is 5.61. The van der Waals surface area contributed by atoms with Gasteiger partial charge in [0.25, 0.3) is 0 Å². The van der Waals surface area contributed by atoms with Crippen molar-refractivity contribution in [3.63, 3.8) is 0 Å². The van der Waals surface area contributed by atoms with E-state index in [4.69, 9.17) is 15.2 Å². The minimum absolute atomic E-state index is 0.0730. The van der Waals surface area contributed by atoms with Crippen LogP contribution < -0.4 is 11.1 Å². The summed E-state index contributed by atoms with van der Waals surface area (Å²) in [6.07, 6.45) is 9.28. The van der Waals surface area contributed by atoms with Crippen LogP contribution in [0.25, 0.3) is 0 Å². The maximum Gasteiger partial charge on any atom is 0.222 e. The van der Waals surface area contributed by atoms with E-state index in [1.807, 2.05) is 0 Å². The third-order valence-corrected chi connectivity index (χ3v) is 3.21. The molecule has 5 nitrogen and oxygen atoms in total. The van der Waals surface area contributed by atoms with Gasteiger partial charge < -0.3 is 20.5 Å². The molecule has 0 aliphatic rings. The van der Waals surface area contributed by atoms with Crippen molar-refractivity contribution in [2.45, 2.75) is 58.3 Å². The van der Waals surface area contributed by atoms with Gasteiger partial charge in [-0.05, 0) is 6.42 Å². The number of nitrogens with two attached hydrogens (primary N) is 1. The first-order valence-electron chi connectivity index (χ1n) is 8.43. The van der Waals surface area contributed by atoms with Crippen molar-refractivity contribution in [2.24, 2.45) is 5.73 Å². The fourth-order valence-electron chi connectivity index (χ4n) is 1.97. The summed E-state index contributed by atoms with van der Waals surface area (Å²) in [7, 11) is 0. The van der Waals surface area contributed by atoms with Crippen LogP contribution in [0.3, 0.4) is 0 Å². The molecule has 1 amide bonds.